The molecule has 9 rings (SSSR count). The van der Waals surface area contributed by atoms with Gasteiger partial charge in [-0.05, 0) is 156 Å². The number of ether oxygens (including phenoxy) is 3. The molecule has 12 heteroatoms. The van der Waals surface area contributed by atoms with Gasteiger partial charge >= 0.3 is 0 Å². The molecule has 0 N–H and O–H groups in total. The van der Waals surface area contributed by atoms with Gasteiger partial charge in [0.1, 0.15) is 12.6 Å². The summed E-state index contributed by atoms with van der Waals surface area (Å²) >= 11 is 0. The van der Waals surface area contributed by atoms with Crippen molar-refractivity contribution in [3.8, 4) is 0 Å². The highest BCUT2D eigenvalue weighted by atomic mass is 16.5. The number of carbonyl (C=O) groups is 3. The Balaban J connectivity index is 0.000000194. The predicted octanol–water partition coefficient (Wildman–Crippen LogP) is 11.9. The third kappa shape index (κ3) is 21.5. The van der Waals surface area contributed by atoms with E-state index in [1.807, 2.05) is 99.0 Å². The van der Waals surface area contributed by atoms with Crippen molar-refractivity contribution in [3.63, 3.8) is 0 Å². The summed E-state index contributed by atoms with van der Waals surface area (Å²) in [4.78, 5) is 47.8. The van der Waals surface area contributed by atoms with Crippen LogP contribution >= 0.6 is 0 Å². The van der Waals surface area contributed by atoms with Crippen LogP contribution in [0.15, 0.2) is 169 Å². The zero-order chi connectivity index (χ0) is 58.2. The first-order chi connectivity index (χ1) is 39.3. The lowest BCUT2D eigenvalue weighted by Crippen LogP contribution is -2.52. The quantitative estimate of drug-likeness (QED) is 0.0605. The third-order valence-electron chi connectivity index (χ3n) is 15.1. The van der Waals surface area contributed by atoms with Crippen molar-refractivity contribution in [2.75, 3.05) is 136 Å². The number of carbonyl (C=O) groups excluding carboxylic acids is 3. The number of Topliss-reactive ketones (excluding diaryl/α,β-unsaturated/α-hetero) is 1. The summed E-state index contributed by atoms with van der Waals surface area (Å²) in [7, 11) is 12.5. The standard InChI is InChI=1S/C23H30N2O2.C12H19N.C12H17N.2C11H13NO2/c1-4-23(24(2)3,18-19-8-6-5-7-9-19)22(26)20-10-12-21(13-11-20)25-14-16-27-17-15-25;2*1-4-12(13(2)3)10-11-8-6-5-7-9-11;2*13-9-10-1-3-11(4-2-10)12-5-7-14-8-6-12/h5-13H,4,14-18H2,1-3H3;5-9,12H,4,10H2,1-3H3;5-10H,4H2,1-3H3;2*1-4,9H,5-8H2. The van der Waals surface area contributed by atoms with Gasteiger partial charge in [-0.25, -0.2) is 0 Å². The maximum absolute atomic E-state index is 13.6. The van der Waals surface area contributed by atoms with Crippen molar-refractivity contribution >= 4 is 41.5 Å². The number of hydrogen-bond donors (Lipinski definition) is 0. The Morgan fingerprint density at radius 1 is 0.506 bits per heavy atom. The first kappa shape index (κ1) is 64.9. The van der Waals surface area contributed by atoms with Crippen LogP contribution in [0.5, 0.6) is 0 Å². The number of likely N-dealkylation sites (N-methyl/N-ethyl adjacent to an activating group) is 2. The Morgan fingerprint density at radius 3 is 1.22 bits per heavy atom. The van der Waals surface area contributed by atoms with E-state index in [-0.39, 0.29) is 5.78 Å². The lowest BCUT2D eigenvalue weighted by Gasteiger charge is -2.38. The number of anilines is 3. The van der Waals surface area contributed by atoms with Gasteiger partial charge in [0.25, 0.3) is 0 Å². The minimum absolute atomic E-state index is 0.187. The molecule has 81 heavy (non-hydrogen) atoms. The van der Waals surface area contributed by atoms with E-state index < -0.39 is 5.54 Å². The first-order valence-electron chi connectivity index (χ1n) is 28.9. The summed E-state index contributed by atoms with van der Waals surface area (Å²) in [5.74, 6) is 0.187. The van der Waals surface area contributed by atoms with Gasteiger partial charge < -0.3 is 38.7 Å². The zero-order valence-electron chi connectivity index (χ0n) is 50.1. The fraction of sp³-hybridized carbons (Fsp3) is 0.406. The molecule has 0 aromatic heterocycles. The summed E-state index contributed by atoms with van der Waals surface area (Å²) in [6, 6.07) is 55.5. The Morgan fingerprint density at radius 2 is 0.889 bits per heavy atom. The largest absolute Gasteiger partial charge is 0.381 e. The van der Waals surface area contributed by atoms with E-state index in [1.165, 1.54) is 40.2 Å². The summed E-state index contributed by atoms with van der Waals surface area (Å²) < 4.78 is 16.0. The lowest BCUT2D eigenvalue weighted by molar-refractivity contribution is 0.0666. The summed E-state index contributed by atoms with van der Waals surface area (Å²) in [6.07, 6.45) is 8.86. The van der Waals surface area contributed by atoms with E-state index >= 15 is 0 Å². The lowest BCUT2D eigenvalue weighted by atomic mass is 9.80. The van der Waals surface area contributed by atoms with Crippen molar-refractivity contribution in [1.29, 1.82) is 0 Å². The highest BCUT2D eigenvalue weighted by Crippen LogP contribution is 2.29. The summed E-state index contributed by atoms with van der Waals surface area (Å²) in [5, 5.41) is 0. The molecule has 3 aliphatic heterocycles. The van der Waals surface area contributed by atoms with Crippen LogP contribution < -0.4 is 14.7 Å². The molecular weight excluding hydrogens is 1010 g/mol. The van der Waals surface area contributed by atoms with Gasteiger partial charge in [0.2, 0.25) is 0 Å². The summed E-state index contributed by atoms with van der Waals surface area (Å²) in [5.41, 5.74) is 10.4. The van der Waals surface area contributed by atoms with Gasteiger partial charge in [-0.1, -0.05) is 112 Å². The minimum Gasteiger partial charge on any atom is -0.381 e. The van der Waals surface area contributed by atoms with Crippen LogP contribution in [0, 0.1) is 0 Å². The molecule has 0 aliphatic carbocycles. The van der Waals surface area contributed by atoms with Gasteiger partial charge in [0, 0.05) is 98.9 Å². The molecule has 0 bridgehead atoms. The molecule has 3 saturated heterocycles. The monoisotopic (exact) mass is 1100 g/mol. The number of morpholine rings is 3. The van der Waals surface area contributed by atoms with Crippen LogP contribution in [0.4, 0.5) is 17.1 Å². The number of nitrogens with zero attached hydrogens (tertiary/aromatic N) is 6. The SMILES string of the molecule is CCC(=Cc1ccccc1)N(C)C.CCC(Cc1ccccc1)(C(=O)c1ccc(N2CCOCC2)cc1)N(C)C.CCC(Cc1ccccc1)N(C)C.O=Cc1ccc(N2CCOCC2)cc1.O=Cc1ccc(N2CCOCC2)cc1. The smallest absolute Gasteiger partial charge is 0.183 e. The van der Waals surface area contributed by atoms with Gasteiger partial charge in [-0.3, -0.25) is 19.3 Å². The second kappa shape index (κ2) is 35.7. The minimum atomic E-state index is -0.540. The normalized spacial score (nSPS) is 15.4. The number of rotatable bonds is 18. The molecule has 12 nitrogen and oxygen atoms in total. The van der Waals surface area contributed by atoms with E-state index in [1.54, 1.807) is 0 Å². The van der Waals surface area contributed by atoms with Crippen molar-refractivity contribution in [1.82, 2.24) is 14.7 Å². The molecule has 0 amide bonds. The fourth-order valence-corrected chi connectivity index (χ4v) is 9.93. The third-order valence-corrected chi connectivity index (χ3v) is 15.1. The van der Waals surface area contributed by atoms with Gasteiger partial charge in [-0.2, -0.15) is 0 Å². The second-order valence-electron chi connectivity index (χ2n) is 21.0. The van der Waals surface area contributed by atoms with E-state index in [4.69, 9.17) is 14.2 Å². The predicted molar refractivity (Wildman–Crippen MR) is 337 cm³/mol. The van der Waals surface area contributed by atoms with Crippen molar-refractivity contribution in [2.24, 2.45) is 0 Å². The van der Waals surface area contributed by atoms with Crippen LogP contribution in [0.3, 0.4) is 0 Å². The molecule has 2 atom stereocenters. The van der Waals surface area contributed by atoms with Gasteiger partial charge in [0.15, 0.2) is 5.78 Å². The van der Waals surface area contributed by atoms with Crippen LogP contribution in [0.25, 0.3) is 6.08 Å². The van der Waals surface area contributed by atoms with Crippen LogP contribution in [-0.2, 0) is 27.1 Å². The maximum atomic E-state index is 13.6. The molecule has 0 saturated carbocycles. The zero-order valence-corrected chi connectivity index (χ0v) is 50.1. The van der Waals surface area contributed by atoms with Gasteiger partial charge in [0.05, 0.1) is 45.2 Å². The Hall–Kier alpha value is -6.93. The second-order valence-corrected chi connectivity index (χ2v) is 21.0. The number of aldehydes is 2. The number of allylic oxidation sites excluding steroid dienone is 1. The van der Waals surface area contributed by atoms with Gasteiger partial charge in [-0.15, -0.1) is 0 Å². The molecule has 0 spiro atoms. The van der Waals surface area contributed by atoms with Crippen LogP contribution in [0.2, 0.25) is 0 Å². The highest BCUT2D eigenvalue weighted by Gasteiger charge is 2.39. The number of hydrogen-bond acceptors (Lipinski definition) is 12. The van der Waals surface area contributed by atoms with Crippen molar-refractivity contribution < 1.29 is 28.6 Å². The number of benzene rings is 6. The Bertz CT molecular complexity index is 2620. The van der Waals surface area contributed by atoms with E-state index in [0.717, 1.165) is 133 Å². The fourth-order valence-electron chi connectivity index (χ4n) is 9.93. The van der Waals surface area contributed by atoms with E-state index in [9.17, 15) is 14.4 Å². The van der Waals surface area contributed by atoms with Crippen molar-refractivity contribution in [2.45, 2.75) is 64.5 Å². The molecule has 3 heterocycles. The summed E-state index contributed by atoms with van der Waals surface area (Å²) in [6.45, 7) is 16.7. The van der Waals surface area contributed by atoms with Crippen LogP contribution in [-0.4, -0.2) is 166 Å². The van der Waals surface area contributed by atoms with Crippen LogP contribution in [0.1, 0.15) is 87.8 Å². The Labute approximate surface area is 485 Å². The van der Waals surface area contributed by atoms with E-state index in [0.29, 0.717) is 12.5 Å². The topological polar surface area (TPSA) is 98.3 Å². The maximum Gasteiger partial charge on any atom is 0.183 e. The van der Waals surface area contributed by atoms with Crippen molar-refractivity contribution in [3.05, 3.63) is 203 Å². The molecule has 3 fully saturated rings. The molecule has 6 aromatic rings. The molecule has 0 radical (unpaired) electrons. The molecule has 2 unspecified atom stereocenters. The van der Waals surface area contributed by atoms with E-state index in [2.05, 4.69) is 163 Å². The first-order valence-corrected chi connectivity index (χ1v) is 28.9. The molecule has 3 aliphatic rings. The molecule has 434 valence electrons. The Kier molecular flexibility index (Phi) is 28.6. The highest BCUT2D eigenvalue weighted by molar-refractivity contribution is 6.03. The average molecular weight is 1100 g/mol. The molecular formula is C69H92N6O6. The number of ketones is 1. The molecule has 6 aromatic carbocycles. The average Bonchev–Trinajstić information content (AvgIpc) is 3.54.